The number of carbonyl (C=O) groups excluding carboxylic acids is 1. The molecule has 2 amide bonds. The van der Waals surface area contributed by atoms with E-state index in [1.165, 1.54) is 5.69 Å². The third-order valence-corrected chi connectivity index (χ3v) is 7.19. The lowest BCUT2D eigenvalue weighted by molar-refractivity contribution is 0.217. The van der Waals surface area contributed by atoms with E-state index >= 15 is 0 Å². The van der Waals surface area contributed by atoms with Crippen molar-refractivity contribution in [3.05, 3.63) is 67.0 Å². The second kappa shape index (κ2) is 12.2. The van der Waals surface area contributed by atoms with Gasteiger partial charge in [-0.05, 0) is 57.3 Å². The summed E-state index contributed by atoms with van der Waals surface area (Å²) >= 11 is 0. The van der Waals surface area contributed by atoms with Crippen LogP contribution in [0.1, 0.15) is 13.8 Å². The minimum atomic E-state index is -0.105. The van der Waals surface area contributed by atoms with Crippen molar-refractivity contribution in [2.24, 2.45) is 7.05 Å². The van der Waals surface area contributed by atoms with Crippen molar-refractivity contribution in [3.8, 4) is 22.5 Å². The van der Waals surface area contributed by atoms with Crippen molar-refractivity contribution < 1.29 is 4.79 Å². The van der Waals surface area contributed by atoms with Crippen LogP contribution >= 0.6 is 0 Å². The van der Waals surface area contributed by atoms with E-state index in [2.05, 4.69) is 50.7 Å². The molecular weight excluding hydrogens is 502 g/mol. The first-order valence-electron chi connectivity index (χ1n) is 13.8. The maximum absolute atomic E-state index is 12.4. The van der Waals surface area contributed by atoms with Gasteiger partial charge in [0.1, 0.15) is 5.69 Å². The Morgan fingerprint density at radius 1 is 0.950 bits per heavy atom. The number of likely N-dealkylation sites (N-methyl/N-ethyl adjacent to an activating group) is 1. The van der Waals surface area contributed by atoms with Crippen LogP contribution in [0.4, 0.5) is 27.8 Å². The first-order valence-corrected chi connectivity index (χ1v) is 13.8. The molecule has 0 atom stereocenters. The summed E-state index contributed by atoms with van der Waals surface area (Å²) in [7, 11) is 4.06. The van der Waals surface area contributed by atoms with Crippen LogP contribution in [-0.2, 0) is 7.05 Å². The van der Waals surface area contributed by atoms with E-state index in [9.17, 15) is 4.79 Å². The number of aromatic nitrogens is 4. The zero-order valence-electron chi connectivity index (χ0n) is 23.6. The molecule has 4 aromatic rings. The van der Waals surface area contributed by atoms with Crippen molar-refractivity contribution in [1.29, 1.82) is 0 Å². The standard InChI is InChI=1S/C30H37N9O/c1-5-38(6-2)30(40)33-23-12-10-22(11-13-23)28-26(21-37(4)35-28)27-14-15-31-29(34-27)32-24-8-7-9-25(20-24)39-18-16-36(3)17-19-39/h7-15,20-21H,5-6,16-19H2,1-4H3,(H,33,40)(H,31,32,34). The third-order valence-electron chi connectivity index (χ3n) is 7.19. The van der Waals surface area contributed by atoms with Gasteiger partial charge in [-0.15, -0.1) is 0 Å². The van der Waals surface area contributed by atoms with E-state index in [0.717, 1.165) is 60.1 Å². The van der Waals surface area contributed by atoms with Gasteiger partial charge in [0.25, 0.3) is 0 Å². The second-order valence-corrected chi connectivity index (χ2v) is 9.98. The molecule has 2 aromatic heterocycles. The fraction of sp³-hybridized carbons (Fsp3) is 0.333. The molecule has 10 heteroatoms. The third kappa shape index (κ3) is 6.23. The average Bonchev–Trinajstić information content (AvgIpc) is 3.36. The molecule has 0 unspecified atom stereocenters. The topological polar surface area (TPSA) is 94.4 Å². The molecule has 0 bridgehead atoms. The Hall–Kier alpha value is -4.44. The Kier molecular flexibility index (Phi) is 8.26. The highest BCUT2D eigenvalue weighted by atomic mass is 16.2. The summed E-state index contributed by atoms with van der Waals surface area (Å²) in [6.45, 7) is 9.40. The van der Waals surface area contributed by atoms with Crippen molar-refractivity contribution in [2.75, 3.05) is 61.8 Å². The van der Waals surface area contributed by atoms with Gasteiger partial charge in [0, 0.05) is 86.9 Å². The monoisotopic (exact) mass is 539 g/mol. The van der Waals surface area contributed by atoms with Gasteiger partial charge in [-0.2, -0.15) is 5.10 Å². The smallest absolute Gasteiger partial charge is 0.321 e. The molecular formula is C30H37N9O. The summed E-state index contributed by atoms with van der Waals surface area (Å²) in [5, 5.41) is 11.1. The normalized spacial score (nSPS) is 13.8. The van der Waals surface area contributed by atoms with Gasteiger partial charge < -0.3 is 25.3 Å². The molecule has 5 rings (SSSR count). The van der Waals surface area contributed by atoms with Crippen LogP contribution < -0.4 is 15.5 Å². The number of urea groups is 1. The lowest BCUT2D eigenvalue weighted by atomic mass is 10.1. The number of hydrogen-bond donors (Lipinski definition) is 2. The summed E-state index contributed by atoms with van der Waals surface area (Å²) < 4.78 is 1.79. The molecule has 1 fully saturated rings. The maximum atomic E-state index is 12.4. The first kappa shape index (κ1) is 27.1. The van der Waals surface area contributed by atoms with E-state index in [0.29, 0.717) is 19.0 Å². The SMILES string of the molecule is CCN(CC)C(=O)Nc1ccc(-c2nn(C)cc2-c2ccnc(Nc3cccc(N4CCN(C)CC4)c3)n2)cc1. The van der Waals surface area contributed by atoms with Gasteiger partial charge in [0.05, 0.1) is 5.69 Å². The van der Waals surface area contributed by atoms with Gasteiger partial charge in [-0.1, -0.05) is 18.2 Å². The maximum Gasteiger partial charge on any atom is 0.321 e. The quantitative estimate of drug-likeness (QED) is 0.328. The molecule has 10 nitrogen and oxygen atoms in total. The van der Waals surface area contributed by atoms with Crippen LogP contribution in [0.5, 0.6) is 0 Å². The molecule has 0 radical (unpaired) electrons. The number of aryl methyl sites for hydroxylation is 1. The van der Waals surface area contributed by atoms with E-state index in [-0.39, 0.29) is 6.03 Å². The minimum absolute atomic E-state index is 0.105. The van der Waals surface area contributed by atoms with E-state index < -0.39 is 0 Å². The fourth-order valence-electron chi connectivity index (χ4n) is 4.86. The van der Waals surface area contributed by atoms with Gasteiger partial charge >= 0.3 is 6.03 Å². The first-order chi connectivity index (χ1) is 19.4. The van der Waals surface area contributed by atoms with Crippen molar-refractivity contribution >= 4 is 29.0 Å². The van der Waals surface area contributed by atoms with Gasteiger partial charge in [-0.3, -0.25) is 4.68 Å². The van der Waals surface area contributed by atoms with Crippen LogP contribution in [0.2, 0.25) is 0 Å². The molecule has 2 N–H and O–H groups in total. The van der Waals surface area contributed by atoms with Crippen LogP contribution in [0.15, 0.2) is 67.0 Å². The number of piperazine rings is 1. The molecule has 1 aliphatic rings. The van der Waals surface area contributed by atoms with Gasteiger partial charge in [-0.25, -0.2) is 14.8 Å². The number of nitrogens with one attached hydrogen (secondary N) is 2. The number of amides is 2. The highest BCUT2D eigenvalue weighted by molar-refractivity contribution is 5.90. The fourth-order valence-corrected chi connectivity index (χ4v) is 4.86. The predicted octanol–water partition coefficient (Wildman–Crippen LogP) is 4.91. The minimum Gasteiger partial charge on any atom is -0.369 e. The number of hydrogen-bond acceptors (Lipinski definition) is 7. The zero-order valence-corrected chi connectivity index (χ0v) is 23.6. The van der Waals surface area contributed by atoms with Crippen molar-refractivity contribution in [3.63, 3.8) is 0 Å². The number of carbonyl (C=O) groups is 1. The molecule has 1 saturated heterocycles. The largest absolute Gasteiger partial charge is 0.369 e. The zero-order chi connectivity index (χ0) is 28.1. The number of benzene rings is 2. The highest BCUT2D eigenvalue weighted by Gasteiger charge is 2.17. The lowest BCUT2D eigenvalue weighted by Crippen LogP contribution is -2.44. The molecule has 40 heavy (non-hydrogen) atoms. The Morgan fingerprint density at radius 3 is 2.42 bits per heavy atom. The van der Waals surface area contributed by atoms with E-state index in [1.54, 1.807) is 15.8 Å². The van der Waals surface area contributed by atoms with Crippen molar-refractivity contribution in [2.45, 2.75) is 13.8 Å². The van der Waals surface area contributed by atoms with Gasteiger partial charge in [0.2, 0.25) is 5.95 Å². The summed E-state index contributed by atoms with van der Waals surface area (Å²) in [4.78, 5) is 28.2. The number of anilines is 4. The predicted molar refractivity (Wildman–Crippen MR) is 161 cm³/mol. The van der Waals surface area contributed by atoms with Crippen LogP contribution in [0, 0.1) is 0 Å². The summed E-state index contributed by atoms with van der Waals surface area (Å²) in [6.07, 6.45) is 3.73. The molecule has 2 aromatic carbocycles. The average molecular weight is 540 g/mol. The summed E-state index contributed by atoms with van der Waals surface area (Å²) in [5.41, 5.74) is 6.30. The highest BCUT2D eigenvalue weighted by Crippen LogP contribution is 2.31. The Bertz CT molecular complexity index is 1440. The van der Waals surface area contributed by atoms with Crippen LogP contribution in [-0.4, -0.2) is 81.9 Å². The summed E-state index contributed by atoms with van der Waals surface area (Å²) in [6, 6.07) is 17.9. The van der Waals surface area contributed by atoms with Gasteiger partial charge in [0.15, 0.2) is 0 Å². The molecule has 3 heterocycles. The lowest BCUT2D eigenvalue weighted by Gasteiger charge is -2.34. The second-order valence-electron chi connectivity index (χ2n) is 9.98. The molecule has 1 aliphatic heterocycles. The van der Waals surface area contributed by atoms with Crippen LogP contribution in [0.3, 0.4) is 0 Å². The molecule has 208 valence electrons. The number of nitrogens with zero attached hydrogens (tertiary/aromatic N) is 7. The summed E-state index contributed by atoms with van der Waals surface area (Å²) in [5.74, 6) is 0.525. The Labute approximate surface area is 235 Å². The van der Waals surface area contributed by atoms with E-state index in [4.69, 9.17) is 10.1 Å². The van der Waals surface area contributed by atoms with Crippen LogP contribution in [0.25, 0.3) is 22.5 Å². The molecule has 0 aliphatic carbocycles. The molecule has 0 saturated carbocycles. The van der Waals surface area contributed by atoms with E-state index in [1.807, 2.05) is 63.5 Å². The molecule has 0 spiro atoms. The van der Waals surface area contributed by atoms with Crippen molar-refractivity contribution in [1.82, 2.24) is 29.5 Å². The number of rotatable bonds is 8. The Balaban J connectivity index is 1.34. The Morgan fingerprint density at radius 2 is 1.70 bits per heavy atom.